The van der Waals surface area contributed by atoms with Crippen LogP contribution in [0.3, 0.4) is 0 Å². The molecule has 1 aliphatic rings. The lowest BCUT2D eigenvalue weighted by atomic mass is 10.2. The third kappa shape index (κ3) is 5.49. The molecule has 2 aromatic carbocycles. The Labute approximate surface area is 183 Å². The minimum Gasteiger partial charge on any atom is -0.462 e. The van der Waals surface area contributed by atoms with E-state index in [4.69, 9.17) is 4.74 Å². The van der Waals surface area contributed by atoms with Gasteiger partial charge < -0.3 is 9.64 Å². The van der Waals surface area contributed by atoms with Gasteiger partial charge in [0.15, 0.2) is 0 Å². The highest BCUT2D eigenvalue weighted by Gasteiger charge is 2.29. The minimum absolute atomic E-state index is 0.0444. The molecular weight excluding hydrogens is 418 g/mol. The number of anilines is 1. The Morgan fingerprint density at radius 1 is 0.968 bits per heavy atom. The molecule has 1 amide bonds. The van der Waals surface area contributed by atoms with E-state index in [1.54, 1.807) is 18.9 Å². The van der Waals surface area contributed by atoms with Crippen molar-refractivity contribution in [2.75, 3.05) is 51.3 Å². The van der Waals surface area contributed by atoms with Crippen LogP contribution in [0.25, 0.3) is 0 Å². The Bertz CT molecular complexity index is 1000. The first kappa shape index (κ1) is 22.9. The molecule has 0 N–H and O–H groups in total. The molecule has 31 heavy (non-hydrogen) atoms. The Hall–Kier alpha value is -2.75. The highest BCUT2D eigenvalue weighted by molar-refractivity contribution is 7.89. The molecule has 0 atom stereocenters. The SMILES string of the molecule is CCOC(=O)c1ccc(S(=O)(=O)N2CCN(CC(=O)N(C)c3ccccc3)CC2)cc1. The molecule has 1 aliphatic heterocycles. The number of hydrogen-bond donors (Lipinski definition) is 0. The predicted molar refractivity (Wildman–Crippen MR) is 117 cm³/mol. The zero-order valence-electron chi connectivity index (χ0n) is 17.7. The Morgan fingerprint density at radius 2 is 1.58 bits per heavy atom. The van der Waals surface area contributed by atoms with Gasteiger partial charge in [0.1, 0.15) is 0 Å². The van der Waals surface area contributed by atoms with Crippen LogP contribution in [-0.4, -0.2) is 75.9 Å². The van der Waals surface area contributed by atoms with E-state index in [1.165, 1.54) is 28.6 Å². The van der Waals surface area contributed by atoms with Crippen LogP contribution >= 0.6 is 0 Å². The third-order valence-corrected chi connectivity index (χ3v) is 7.12. The van der Waals surface area contributed by atoms with Crippen molar-refractivity contribution >= 4 is 27.6 Å². The van der Waals surface area contributed by atoms with Gasteiger partial charge in [0, 0.05) is 38.9 Å². The topological polar surface area (TPSA) is 87.2 Å². The summed E-state index contributed by atoms with van der Waals surface area (Å²) in [5.41, 5.74) is 1.13. The first-order valence-electron chi connectivity index (χ1n) is 10.1. The molecule has 0 spiro atoms. The number of amides is 1. The molecule has 0 bridgehead atoms. The van der Waals surface area contributed by atoms with Crippen LogP contribution in [0, 0.1) is 0 Å². The lowest BCUT2D eigenvalue weighted by Gasteiger charge is -2.34. The van der Waals surface area contributed by atoms with Crippen LogP contribution < -0.4 is 4.90 Å². The van der Waals surface area contributed by atoms with Gasteiger partial charge in [-0.2, -0.15) is 4.31 Å². The first-order valence-corrected chi connectivity index (χ1v) is 11.6. The van der Waals surface area contributed by atoms with Crippen molar-refractivity contribution in [1.82, 2.24) is 9.21 Å². The summed E-state index contributed by atoms with van der Waals surface area (Å²) in [6, 6.07) is 15.2. The second kappa shape index (κ2) is 10.0. The van der Waals surface area contributed by atoms with Crippen molar-refractivity contribution in [2.45, 2.75) is 11.8 Å². The zero-order valence-corrected chi connectivity index (χ0v) is 18.5. The van der Waals surface area contributed by atoms with E-state index in [9.17, 15) is 18.0 Å². The fourth-order valence-electron chi connectivity index (χ4n) is 3.35. The molecule has 0 aromatic heterocycles. The number of ether oxygens (including phenoxy) is 1. The van der Waals surface area contributed by atoms with Crippen molar-refractivity contribution < 1.29 is 22.7 Å². The maximum atomic E-state index is 12.9. The summed E-state index contributed by atoms with van der Waals surface area (Å²) >= 11 is 0. The molecule has 0 radical (unpaired) electrons. The molecule has 1 heterocycles. The van der Waals surface area contributed by atoms with Gasteiger partial charge >= 0.3 is 5.97 Å². The lowest BCUT2D eigenvalue weighted by molar-refractivity contribution is -0.119. The number of benzene rings is 2. The smallest absolute Gasteiger partial charge is 0.338 e. The largest absolute Gasteiger partial charge is 0.462 e. The van der Waals surface area contributed by atoms with Crippen LogP contribution in [0.4, 0.5) is 5.69 Å². The Kier molecular flexibility index (Phi) is 7.42. The molecule has 1 fully saturated rings. The minimum atomic E-state index is -3.67. The summed E-state index contributed by atoms with van der Waals surface area (Å²) in [6.45, 7) is 3.72. The number of carbonyl (C=O) groups excluding carboxylic acids is 2. The van der Waals surface area contributed by atoms with Gasteiger partial charge in [-0.15, -0.1) is 0 Å². The molecule has 1 saturated heterocycles. The molecule has 2 aromatic rings. The fraction of sp³-hybridized carbons (Fsp3) is 0.364. The number of piperazine rings is 1. The summed E-state index contributed by atoms with van der Waals surface area (Å²) in [6.07, 6.45) is 0. The van der Waals surface area contributed by atoms with Crippen LogP contribution in [0.2, 0.25) is 0 Å². The standard InChI is InChI=1S/C22H27N3O5S/c1-3-30-22(27)18-9-11-20(12-10-18)31(28,29)25-15-13-24(14-16-25)17-21(26)23(2)19-7-5-4-6-8-19/h4-12H,3,13-17H2,1-2H3. The summed E-state index contributed by atoms with van der Waals surface area (Å²) < 4.78 is 32.2. The number of esters is 1. The second-order valence-electron chi connectivity index (χ2n) is 7.21. The normalized spacial score (nSPS) is 15.4. The highest BCUT2D eigenvalue weighted by Crippen LogP contribution is 2.19. The first-order chi connectivity index (χ1) is 14.8. The number of sulfonamides is 1. The average Bonchev–Trinajstić information content (AvgIpc) is 2.79. The van der Waals surface area contributed by atoms with Crippen molar-refractivity contribution in [3.05, 3.63) is 60.2 Å². The van der Waals surface area contributed by atoms with Crippen LogP contribution in [0.5, 0.6) is 0 Å². The van der Waals surface area contributed by atoms with Gasteiger partial charge in [0.2, 0.25) is 15.9 Å². The molecule has 0 saturated carbocycles. The van der Waals surface area contributed by atoms with Gasteiger partial charge in [-0.3, -0.25) is 9.69 Å². The van der Waals surface area contributed by atoms with E-state index < -0.39 is 16.0 Å². The van der Waals surface area contributed by atoms with Crippen LogP contribution in [0.15, 0.2) is 59.5 Å². The van der Waals surface area contributed by atoms with E-state index >= 15 is 0 Å². The zero-order chi connectivity index (χ0) is 22.4. The van der Waals surface area contributed by atoms with Gasteiger partial charge in [-0.25, -0.2) is 13.2 Å². The van der Waals surface area contributed by atoms with Gasteiger partial charge in [0.05, 0.1) is 23.6 Å². The number of likely N-dealkylation sites (N-methyl/N-ethyl adjacent to an activating group) is 1. The quantitative estimate of drug-likeness (QED) is 0.605. The fourth-order valence-corrected chi connectivity index (χ4v) is 4.77. The number of rotatable bonds is 7. The molecule has 0 aliphatic carbocycles. The van der Waals surface area contributed by atoms with Crippen LogP contribution in [-0.2, 0) is 19.6 Å². The Balaban J connectivity index is 1.57. The molecule has 8 nitrogen and oxygen atoms in total. The molecular formula is C22H27N3O5S. The molecule has 9 heteroatoms. The van der Waals surface area contributed by atoms with Crippen molar-refractivity contribution in [3.8, 4) is 0 Å². The van der Waals surface area contributed by atoms with E-state index in [2.05, 4.69) is 0 Å². The Morgan fingerprint density at radius 3 is 2.16 bits per heavy atom. The maximum absolute atomic E-state index is 12.9. The summed E-state index contributed by atoms with van der Waals surface area (Å²) in [7, 11) is -1.93. The van der Waals surface area contributed by atoms with Gasteiger partial charge in [-0.05, 0) is 43.3 Å². The maximum Gasteiger partial charge on any atom is 0.338 e. The van der Waals surface area contributed by atoms with Gasteiger partial charge in [0.25, 0.3) is 0 Å². The monoisotopic (exact) mass is 445 g/mol. The van der Waals surface area contributed by atoms with Crippen molar-refractivity contribution in [2.24, 2.45) is 0 Å². The van der Waals surface area contributed by atoms with E-state index in [0.29, 0.717) is 31.7 Å². The number of para-hydroxylation sites is 1. The molecule has 0 unspecified atom stereocenters. The summed E-state index contributed by atoms with van der Waals surface area (Å²) in [5.74, 6) is -0.526. The predicted octanol–water partition coefficient (Wildman–Crippen LogP) is 1.83. The third-order valence-electron chi connectivity index (χ3n) is 5.21. The van der Waals surface area contributed by atoms with E-state index in [1.807, 2.05) is 35.2 Å². The van der Waals surface area contributed by atoms with Crippen molar-refractivity contribution in [3.63, 3.8) is 0 Å². The highest BCUT2D eigenvalue weighted by atomic mass is 32.2. The second-order valence-corrected chi connectivity index (χ2v) is 9.15. The summed E-state index contributed by atoms with van der Waals surface area (Å²) in [4.78, 5) is 28.0. The van der Waals surface area contributed by atoms with Crippen LogP contribution in [0.1, 0.15) is 17.3 Å². The van der Waals surface area contributed by atoms with E-state index in [-0.39, 0.29) is 24.0 Å². The van der Waals surface area contributed by atoms with Gasteiger partial charge in [-0.1, -0.05) is 18.2 Å². The lowest BCUT2D eigenvalue weighted by Crippen LogP contribution is -2.51. The molecule has 3 rings (SSSR count). The van der Waals surface area contributed by atoms with E-state index in [0.717, 1.165) is 5.69 Å². The number of nitrogens with zero attached hydrogens (tertiary/aromatic N) is 3. The molecule has 166 valence electrons. The number of hydrogen-bond acceptors (Lipinski definition) is 6. The number of carbonyl (C=O) groups is 2. The van der Waals surface area contributed by atoms with Crippen molar-refractivity contribution in [1.29, 1.82) is 0 Å². The summed E-state index contributed by atoms with van der Waals surface area (Å²) in [5, 5.41) is 0. The average molecular weight is 446 g/mol.